The summed E-state index contributed by atoms with van der Waals surface area (Å²) in [7, 11) is -1.43. The summed E-state index contributed by atoms with van der Waals surface area (Å²) in [5, 5.41) is 11.9. The molecule has 0 fully saturated rings. The molecule has 1 N–H and O–H groups in total. The molecule has 1 aromatic rings. The van der Waals surface area contributed by atoms with Gasteiger partial charge in [-0.15, -0.1) is 6.42 Å². The first-order valence-electron chi connectivity index (χ1n) is 4.63. The maximum absolute atomic E-state index is 10.3. The highest BCUT2D eigenvalue weighted by molar-refractivity contribution is 6.65. The molecule has 0 aliphatic heterocycles. The molecule has 0 aliphatic rings. The lowest BCUT2D eigenvalue weighted by molar-refractivity contribution is 0.587. The van der Waals surface area contributed by atoms with E-state index in [2.05, 4.69) is 17.6 Å². The van der Waals surface area contributed by atoms with Crippen LogP contribution in [-0.2, 0) is 0 Å². The second kappa shape index (κ2) is 5.69. The minimum Gasteiger partial charge on any atom is -0.425 e. The Balaban J connectivity index is 3.32. The van der Waals surface area contributed by atoms with Crippen LogP contribution in [0, 0.1) is 17.3 Å². The number of rotatable bonds is 4. The minimum absolute atomic E-state index is 0.337. The number of hydrogen-bond donors (Lipinski definition) is 1. The number of terminal acetylenes is 1. The van der Waals surface area contributed by atoms with Crippen molar-refractivity contribution < 1.29 is 5.02 Å². The van der Waals surface area contributed by atoms with Gasteiger partial charge >= 0.3 is 7.05 Å². The Bertz CT molecular complexity index is 474. The third-order valence-electron chi connectivity index (χ3n) is 2.06. The highest BCUT2D eigenvalue weighted by atomic mass is 16.3. The molecule has 0 unspecified atom stereocenters. The molecule has 0 spiro atoms. The second-order valence-corrected chi connectivity index (χ2v) is 3.03. The highest BCUT2D eigenvalue weighted by Gasteiger charge is 2.20. The number of hydrogen-bond acceptors (Lipinski definition) is 3. The van der Waals surface area contributed by atoms with Crippen LogP contribution in [0.15, 0.2) is 42.0 Å². The molecule has 3 nitrogen and oxygen atoms in total. The molecule has 1 aromatic carbocycles. The van der Waals surface area contributed by atoms with Crippen LogP contribution in [0.5, 0.6) is 0 Å². The van der Waals surface area contributed by atoms with E-state index in [0.717, 1.165) is 5.56 Å². The van der Waals surface area contributed by atoms with Gasteiger partial charge in [-0.3, -0.25) is 0 Å². The fourth-order valence-corrected chi connectivity index (χ4v) is 1.34. The monoisotopic (exact) mass is 211 g/mol. The molecule has 0 atom stereocenters. The van der Waals surface area contributed by atoms with Crippen molar-refractivity contribution in [1.82, 2.24) is 0 Å². The molecule has 16 heavy (non-hydrogen) atoms. The molecule has 0 saturated carbocycles. The quantitative estimate of drug-likeness (QED) is 0.353. The maximum Gasteiger partial charge on any atom is 0.518 e. The SMILES string of the molecule is C#Cc1c(/C=C\C=C)cccc1B(O)N=O. The van der Waals surface area contributed by atoms with E-state index < -0.39 is 7.05 Å². The summed E-state index contributed by atoms with van der Waals surface area (Å²) >= 11 is 0. The molecule has 78 valence electrons. The van der Waals surface area contributed by atoms with E-state index in [1.165, 1.54) is 0 Å². The van der Waals surface area contributed by atoms with Crippen molar-refractivity contribution in [2.45, 2.75) is 0 Å². The van der Waals surface area contributed by atoms with Gasteiger partial charge in [-0.05, 0) is 11.0 Å². The molecule has 4 heteroatoms. The molecule has 1 rings (SSSR count). The Kier molecular flexibility index (Phi) is 4.25. The van der Waals surface area contributed by atoms with Gasteiger partial charge in [0.05, 0.1) is 0 Å². The predicted octanol–water partition coefficient (Wildman–Crippen LogP) is 1.32. The summed E-state index contributed by atoms with van der Waals surface area (Å²) in [5.41, 5.74) is 1.54. The summed E-state index contributed by atoms with van der Waals surface area (Å²) in [6.07, 6.45) is 10.4. The Labute approximate surface area is 94.6 Å². The fourth-order valence-electron chi connectivity index (χ4n) is 1.34. The molecule has 0 radical (unpaired) electrons. The van der Waals surface area contributed by atoms with Crippen LogP contribution < -0.4 is 5.46 Å². The van der Waals surface area contributed by atoms with E-state index >= 15 is 0 Å². The van der Waals surface area contributed by atoms with E-state index in [1.54, 1.807) is 36.4 Å². The third kappa shape index (κ3) is 2.47. The van der Waals surface area contributed by atoms with Gasteiger partial charge in [0.2, 0.25) is 0 Å². The minimum atomic E-state index is -1.43. The summed E-state index contributed by atoms with van der Waals surface area (Å²) in [5.74, 6) is 2.44. The van der Waals surface area contributed by atoms with Crippen molar-refractivity contribution in [3.8, 4) is 12.3 Å². The zero-order valence-electron chi connectivity index (χ0n) is 8.63. The average Bonchev–Trinajstić information content (AvgIpc) is 2.34. The van der Waals surface area contributed by atoms with E-state index in [-0.39, 0.29) is 0 Å². The largest absolute Gasteiger partial charge is 0.518 e. The first-order chi connectivity index (χ1) is 7.74. The zero-order chi connectivity index (χ0) is 12.0. The van der Waals surface area contributed by atoms with Crippen molar-refractivity contribution >= 4 is 18.6 Å². The Morgan fingerprint density at radius 3 is 2.88 bits per heavy atom. The van der Waals surface area contributed by atoms with Crippen LogP contribution in [0.4, 0.5) is 0 Å². The Morgan fingerprint density at radius 2 is 2.31 bits per heavy atom. The topological polar surface area (TPSA) is 49.7 Å². The van der Waals surface area contributed by atoms with Crippen molar-refractivity contribution in [2.75, 3.05) is 0 Å². The van der Waals surface area contributed by atoms with Crippen LogP contribution in [0.25, 0.3) is 6.08 Å². The summed E-state index contributed by atoms with van der Waals surface area (Å²) in [4.78, 5) is 10.3. The number of nitroso groups, excluding NO2 is 1. The van der Waals surface area contributed by atoms with Crippen molar-refractivity contribution in [3.63, 3.8) is 0 Å². The second-order valence-electron chi connectivity index (χ2n) is 3.03. The van der Waals surface area contributed by atoms with Crippen LogP contribution >= 0.6 is 0 Å². The summed E-state index contributed by atoms with van der Waals surface area (Å²) in [6, 6.07) is 5.07. The molecule has 0 amide bonds. The van der Waals surface area contributed by atoms with Gasteiger partial charge in [-0.2, -0.15) is 4.91 Å². The molecular weight excluding hydrogens is 201 g/mol. The zero-order valence-corrected chi connectivity index (χ0v) is 8.63. The normalized spacial score (nSPS) is 9.75. The smallest absolute Gasteiger partial charge is 0.425 e. The van der Waals surface area contributed by atoms with E-state index in [1.807, 2.05) is 0 Å². The average molecular weight is 211 g/mol. The standard InChI is InChI=1S/C12H10BNO2/c1-3-5-7-10-8-6-9-12(11(10)4-2)13(15)14-16/h2-3,5-9,15H,1H2/b7-5-. The molecular formula is C12H10BNO2. The van der Waals surface area contributed by atoms with Crippen molar-refractivity contribution in [2.24, 2.45) is 5.09 Å². The number of nitrogens with zero attached hydrogens (tertiary/aromatic N) is 1. The van der Waals surface area contributed by atoms with Crippen molar-refractivity contribution in [1.29, 1.82) is 0 Å². The summed E-state index contributed by atoms with van der Waals surface area (Å²) < 4.78 is 0. The van der Waals surface area contributed by atoms with Crippen LogP contribution in [0.1, 0.15) is 11.1 Å². The third-order valence-corrected chi connectivity index (χ3v) is 2.06. The molecule has 0 saturated heterocycles. The molecule has 0 bridgehead atoms. The summed E-state index contributed by atoms with van der Waals surface area (Å²) in [6.45, 7) is 3.55. The van der Waals surface area contributed by atoms with Gasteiger partial charge in [0, 0.05) is 5.56 Å². The van der Waals surface area contributed by atoms with Crippen LogP contribution in [-0.4, -0.2) is 12.1 Å². The van der Waals surface area contributed by atoms with Gasteiger partial charge in [0.1, 0.15) is 0 Å². The van der Waals surface area contributed by atoms with Crippen LogP contribution in [0.3, 0.4) is 0 Å². The van der Waals surface area contributed by atoms with Crippen molar-refractivity contribution in [3.05, 3.63) is 53.0 Å². The molecule has 0 aliphatic carbocycles. The predicted molar refractivity (Wildman–Crippen MR) is 67.0 cm³/mol. The first kappa shape index (κ1) is 12.0. The van der Waals surface area contributed by atoms with Gasteiger partial charge < -0.3 is 5.02 Å². The lowest BCUT2D eigenvalue weighted by Gasteiger charge is -2.05. The van der Waals surface area contributed by atoms with Gasteiger partial charge in [-0.1, -0.05) is 54.0 Å². The van der Waals surface area contributed by atoms with Gasteiger partial charge in [0.25, 0.3) is 0 Å². The first-order valence-corrected chi connectivity index (χ1v) is 4.63. The van der Waals surface area contributed by atoms with Gasteiger partial charge in [-0.25, -0.2) is 0 Å². The van der Waals surface area contributed by atoms with E-state index in [9.17, 15) is 9.93 Å². The Morgan fingerprint density at radius 1 is 1.56 bits per heavy atom. The lowest BCUT2D eigenvalue weighted by atomic mass is 9.72. The van der Waals surface area contributed by atoms with E-state index in [4.69, 9.17) is 6.42 Å². The molecule has 0 heterocycles. The Hall–Kier alpha value is -2.12. The van der Waals surface area contributed by atoms with E-state index in [0.29, 0.717) is 11.0 Å². The number of allylic oxidation sites excluding steroid dienone is 2. The highest BCUT2D eigenvalue weighted by Crippen LogP contribution is 2.08. The number of benzene rings is 1. The fraction of sp³-hybridized carbons (Fsp3) is 0. The molecule has 0 aromatic heterocycles. The lowest BCUT2D eigenvalue weighted by Crippen LogP contribution is -2.30. The van der Waals surface area contributed by atoms with Crippen LogP contribution in [0.2, 0.25) is 0 Å². The van der Waals surface area contributed by atoms with Gasteiger partial charge in [0.15, 0.2) is 0 Å². The maximum atomic E-state index is 10.3.